The second kappa shape index (κ2) is 4.34. The van der Waals surface area contributed by atoms with Gasteiger partial charge in [0.1, 0.15) is 0 Å². The van der Waals surface area contributed by atoms with Crippen LogP contribution >= 0.6 is 0 Å². The van der Waals surface area contributed by atoms with Crippen LogP contribution in [0.2, 0.25) is 0 Å². The highest BCUT2D eigenvalue weighted by Gasteiger charge is 2.09. The molecule has 78 valence electrons. The van der Waals surface area contributed by atoms with Crippen LogP contribution in [0, 0.1) is 0 Å². The minimum absolute atomic E-state index is 0.338. The van der Waals surface area contributed by atoms with Crippen molar-refractivity contribution >= 4 is 17.3 Å². The third-order valence-corrected chi connectivity index (χ3v) is 1.89. The maximum absolute atomic E-state index is 11.1. The topological polar surface area (TPSA) is 95.1 Å². The number of rotatable bonds is 3. The van der Waals surface area contributed by atoms with Crippen molar-refractivity contribution in [2.45, 2.75) is 0 Å². The number of carbonyl (C=O) groups is 1. The fraction of sp³-hybridized carbons (Fsp3) is 0.222. The van der Waals surface area contributed by atoms with Gasteiger partial charge in [0.2, 0.25) is 0 Å². The van der Waals surface area contributed by atoms with Crippen molar-refractivity contribution in [1.82, 2.24) is 0 Å². The second-order valence-electron chi connectivity index (χ2n) is 3.15. The molecule has 15 heavy (non-hydrogen) atoms. The SMILES string of the molecule is CN(C)c1ccc(N=[N+]=[N-])cc1C(N)=O. The van der Waals surface area contributed by atoms with Gasteiger partial charge in [-0.1, -0.05) is 11.2 Å². The van der Waals surface area contributed by atoms with E-state index in [2.05, 4.69) is 10.0 Å². The monoisotopic (exact) mass is 205 g/mol. The first-order chi connectivity index (χ1) is 7.06. The molecular formula is C9H11N5O. The first-order valence-electron chi connectivity index (χ1n) is 4.22. The minimum Gasteiger partial charge on any atom is -0.377 e. The molecule has 1 aromatic carbocycles. The summed E-state index contributed by atoms with van der Waals surface area (Å²) in [5.74, 6) is -0.548. The summed E-state index contributed by atoms with van der Waals surface area (Å²) >= 11 is 0. The van der Waals surface area contributed by atoms with Gasteiger partial charge in [0.05, 0.1) is 5.56 Å². The number of nitrogens with zero attached hydrogens (tertiary/aromatic N) is 4. The van der Waals surface area contributed by atoms with E-state index in [9.17, 15) is 4.79 Å². The molecule has 0 heterocycles. The van der Waals surface area contributed by atoms with Crippen LogP contribution in [-0.4, -0.2) is 20.0 Å². The number of azide groups is 1. The Kier molecular flexibility index (Phi) is 3.15. The van der Waals surface area contributed by atoms with Crippen molar-refractivity contribution < 1.29 is 4.79 Å². The first kappa shape index (κ1) is 10.9. The molecule has 0 unspecified atom stereocenters. The molecule has 0 saturated heterocycles. The smallest absolute Gasteiger partial charge is 0.250 e. The van der Waals surface area contributed by atoms with Crippen LogP contribution in [0.1, 0.15) is 10.4 Å². The average Bonchev–Trinajstić information content (AvgIpc) is 2.17. The van der Waals surface area contributed by atoms with Crippen molar-refractivity contribution in [2.75, 3.05) is 19.0 Å². The van der Waals surface area contributed by atoms with Gasteiger partial charge in [-0.05, 0) is 17.7 Å². The van der Waals surface area contributed by atoms with Gasteiger partial charge in [0, 0.05) is 30.4 Å². The van der Waals surface area contributed by atoms with Crippen molar-refractivity contribution in [3.63, 3.8) is 0 Å². The maximum atomic E-state index is 11.1. The number of amides is 1. The molecule has 2 N–H and O–H groups in total. The van der Waals surface area contributed by atoms with Gasteiger partial charge in [0.25, 0.3) is 5.91 Å². The summed E-state index contributed by atoms with van der Waals surface area (Å²) in [7, 11) is 3.60. The van der Waals surface area contributed by atoms with Crippen LogP contribution in [-0.2, 0) is 0 Å². The van der Waals surface area contributed by atoms with Crippen LogP contribution in [0.25, 0.3) is 10.4 Å². The number of anilines is 1. The average molecular weight is 205 g/mol. The van der Waals surface area contributed by atoms with E-state index in [1.165, 1.54) is 6.07 Å². The highest BCUT2D eigenvalue weighted by Crippen LogP contribution is 2.24. The Morgan fingerprint density at radius 1 is 1.53 bits per heavy atom. The third-order valence-electron chi connectivity index (χ3n) is 1.89. The largest absolute Gasteiger partial charge is 0.377 e. The molecule has 1 aromatic rings. The molecule has 6 heteroatoms. The first-order valence-corrected chi connectivity index (χ1v) is 4.22. The summed E-state index contributed by atoms with van der Waals surface area (Å²) in [6, 6.07) is 4.78. The molecule has 0 saturated carbocycles. The molecule has 0 aromatic heterocycles. The van der Waals surface area contributed by atoms with E-state index in [1.54, 1.807) is 31.1 Å². The molecule has 0 spiro atoms. The Bertz CT molecular complexity index is 434. The van der Waals surface area contributed by atoms with E-state index in [0.717, 1.165) is 0 Å². The molecule has 0 aliphatic carbocycles. The molecule has 1 rings (SSSR count). The van der Waals surface area contributed by atoms with Gasteiger partial charge >= 0.3 is 0 Å². The summed E-state index contributed by atoms with van der Waals surface area (Å²) in [5, 5.41) is 3.40. The van der Waals surface area contributed by atoms with Crippen LogP contribution in [0.5, 0.6) is 0 Å². The van der Waals surface area contributed by atoms with E-state index in [0.29, 0.717) is 16.9 Å². The Morgan fingerprint density at radius 3 is 2.67 bits per heavy atom. The van der Waals surface area contributed by atoms with Gasteiger partial charge in [0.15, 0.2) is 0 Å². The summed E-state index contributed by atoms with van der Waals surface area (Å²) < 4.78 is 0. The maximum Gasteiger partial charge on any atom is 0.250 e. The van der Waals surface area contributed by atoms with Gasteiger partial charge in [-0.3, -0.25) is 4.79 Å². The third kappa shape index (κ3) is 2.38. The van der Waals surface area contributed by atoms with Gasteiger partial charge in [-0.25, -0.2) is 0 Å². The lowest BCUT2D eigenvalue weighted by atomic mass is 10.1. The zero-order valence-electron chi connectivity index (χ0n) is 8.51. The normalized spacial score (nSPS) is 9.20. The lowest BCUT2D eigenvalue weighted by Gasteiger charge is -2.15. The molecule has 0 radical (unpaired) electrons. The minimum atomic E-state index is -0.548. The number of primary amides is 1. The van der Waals surface area contributed by atoms with Crippen LogP contribution < -0.4 is 10.6 Å². The van der Waals surface area contributed by atoms with E-state index in [4.69, 9.17) is 11.3 Å². The van der Waals surface area contributed by atoms with Gasteiger partial charge in [-0.2, -0.15) is 0 Å². The van der Waals surface area contributed by atoms with Crippen molar-refractivity contribution in [2.24, 2.45) is 10.8 Å². The van der Waals surface area contributed by atoms with E-state index in [-0.39, 0.29) is 0 Å². The Labute approximate surface area is 86.9 Å². The molecule has 0 aliphatic heterocycles. The van der Waals surface area contributed by atoms with Crippen molar-refractivity contribution in [3.05, 3.63) is 34.2 Å². The number of hydrogen-bond donors (Lipinski definition) is 1. The quantitative estimate of drug-likeness (QED) is 0.462. The molecule has 0 bridgehead atoms. The van der Waals surface area contributed by atoms with Crippen molar-refractivity contribution in [3.8, 4) is 0 Å². The molecule has 0 atom stereocenters. The zero-order chi connectivity index (χ0) is 11.4. The lowest BCUT2D eigenvalue weighted by Crippen LogP contribution is -2.18. The molecule has 0 fully saturated rings. The summed E-state index contributed by atoms with van der Waals surface area (Å²) in [4.78, 5) is 15.5. The molecular weight excluding hydrogens is 194 g/mol. The fourth-order valence-electron chi connectivity index (χ4n) is 1.23. The van der Waals surface area contributed by atoms with Gasteiger partial charge in [-0.15, -0.1) is 0 Å². The Morgan fingerprint density at radius 2 is 2.20 bits per heavy atom. The van der Waals surface area contributed by atoms with Crippen molar-refractivity contribution in [1.29, 1.82) is 0 Å². The highest BCUT2D eigenvalue weighted by atomic mass is 16.1. The molecule has 1 amide bonds. The molecule has 0 aliphatic rings. The predicted molar refractivity (Wildman–Crippen MR) is 58.1 cm³/mol. The Hall–Kier alpha value is -2.20. The standard InChI is InChI=1S/C9H11N5O/c1-14(2)8-4-3-6(12-13-11)5-7(8)9(10)15/h3-5H,1-2H3,(H2,10,15). The fourth-order valence-corrected chi connectivity index (χ4v) is 1.23. The van der Waals surface area contributed by atoms with E-state index >= 15 is 0 Å². The van der Waals surface area contributed by atoms with E-state index < -0.39 is 5.91 Å². The highest BCUT2D eigenvalue weighted by molar-refractivity contribution is 5.99. The summed E-state index contributed by atoms with van der Waals surface area (Å²) in [6.07, 6.45) is 0. The number of nitrogens with two attached hydrogens (primary N) is 1. The molecule has 6 nitrogen and oxygen atoms in total. The predicted octanol–water partition coefficient (Wildman–Crippen LogP) is 1.79. The lowest BCUT2D eigenvalue weighted by molar-refractivity contribution is 0.100. The van der Waals surface area contributed by atoms with E-state index in [1.807, 2.05) is 0 Å². The number of carbonyl (C=O) groups excluding carboxylic acids is 1. The number of benzene rings is 1. The van der Waals surface area contributed by atoms with Crippen LogP contribution in [0.3, 0.4) is 0 Å². The van der Waals surface area contributed by atoms with Crippen LogP contribution in [0.4, 0.5) is 11.4 Å². The zero-order valence-corrected chi connectivity index (χ0v) is 8.51. The Balaban J connectivity index is 3.32. The van der Waals surface area contributed by atoms with Crippen LogP contribution in [0.15, 0.2) is 23.3 Å². The van der Waals surface area contributed by atoms with Gasteiger partial charge < -0.3 is 10.6 Å². The summed E-state index contributed by atoms with van der Waals surface area (Å²) in [6.45, 7) is 0. The summed E-state index contributed by atoms with van der Waals surface area (Å²) in [5.41, 5.74) is 14.9. The number of hydrogen-bond acceptors (Lipinski definition) is 3. The second-order valence-corrected chi connectivity index (χ2v) is 3.15.